The van der Waals surface area contributed by atoms with E-state index in [2.05, 4.69) is 12.2 Å². The molecule has 0 bridgehead atoms. The van der Waals surface area contributed by atoms with Crippen molar-refractivity contribution in [2.75, 3.05) is 18.8 Å². The number of benzene rings is 1. The molecule has 6 nitrogen and oxygen atoms in total. The molecule has 0 saturated carbocycles. The lowest BCUT2D eigenvalue weighted by Crippen LogP contribution is -2.39. The summed E-state index contributed by atoms with van der Waals surface area (Å²) in [6.45, 7) is 3.00. The Morgan fingerprint density at radius 3 is 2.76 bits per heavy atom. The number of nitrogen functional groups attached to an aromatic ring is 1. The third kappa shape index (κ3) is 3.57. The molecule has 0 fully saturated rings. The molecule has 0 spiro atoms. The highest BCUT2D eigenvalue weighted by Crippen LogP contribution is 2.32. The second kappa shape index (κ2) is 7.09. The number of hydrogen-bond donors (Lipinski definition) is 1. The molecule has 0 unspecified atom stereocenters. The highest BCUT2D eigenvalue weighted by atomic mass is 16.6. The molecule has 25 heavy (non-hydrogen) atoms. The van der Waals surface area contributed by atoms with Gasteiger partial charge in [-0.3, -0.25) is 14.9 Å². The monoisotopic (exact) mass is 341 g/mol. The molecule has 2 N–H and O–H groups in total. The molecular weight excluding hydrogens is 318 g/mol. The lowest BCUT2D eigenvalue weighted by molar-refractivity contribution is -0.383. The Kier molecular flexibility index (Phi) is 4.88. The van der Waals surface area contributed by atoms with Gasteiger partial charge in [0.25, 0.3) is 5.69 Å². The first-order chi connectivity index (χ1) is 12.0. The van der Waals surface area contributed by atoms with E-state index in [9.17, 15) is 14.9 Å². The van der Waals surface area contributed by atoms with E-state index in [4.69, 9.17) is 5.73 Å². The summed E-state index contributed by atoms with van der Waals surface area (Å²) in [5.74, 6) is 0.318. The summed E-state index contributed by atoms with van der Waals surface area (Å²) >= 11 is 0. The Labute approximate surface area is 147 Å². The number of nitro benzene ring substituents is 1. The van der Waals surface area contributed by atoms with Gasteiger partial charge < -0.3 is 10.6 Å². The van der Waals surface area contributed by atoms with E-state index in [1.165, 1.54) is 6.07 Å². The standard InChI is InChI=1S/C19H23N3O3/c1-13-11-16(12-17(18(13)20)22(24)25)14-7-9-21(10-8-14)19(23)15-5-3-2-4-6-15/h2-3,7,11-12,15H,4-6,8-10,20H2,1H3/t15-/m1/s1. The zero-order valence-corrected chi connectivity index (χ0v) is 14.4. The van der Waals surface area contributed by atoms with Gasteiger partial charge >= 0.3 is 0 Å². The van der Waals surface area contributed by atoms with Crippen LogP contribution in [0.25, 0.3) is 5.57 Å². The molecule has 1 aromatic carbocycles. The van der Waals surface area contributed by atoms with Gasteiger partial charge in [-0.15, -0.1) is 0 Å². The fraction of sp³-hybridized carbons (Fsp3) is 0.421. The number of rotatable bonds is 3. The normalized spacial score (nSPS) is 20.3. The van der Waals surface area contributed by atoms with Crippen molar-refractivity contribution < 1.29 is 9.72 Å². The predicted molar refractivity (Wildman–Crippen MR) is 97.9 cm³/mol. The van der Waals surface area contributed by atoms with Crippen LogP contribution in [0.2, 0.25) is 0 Å². The maximum Gasteiger partial charge on any atom is 0.292 e. The average Bonchev–Trinajstić information content (AvgIpc) is 2.64. The second-order valence-electron chi connectivity index (χ2n) is 6.73. The third-order valence-corrected chi connectivity index (χ3v) is 5.07. The molecule has 3 rings (SSSR count). The van der Waals surface area contributed by atoms with E-state index in [1.54, 1.807) is 6.92 Å². The molecule has 1 heterocycles. The Hall–Kier alpha value is -2.63. The quantitative estimate of drug-likeness (QED) is 0.394. The molecule has 0 radical (unpaired) electrons. The molecule has 1 aliphatic carbocycles. The molecule has 0 saturated heterocycles. The first-order valence-electron chi connectivity index (χ1n) is 8.65. The molecule has 6 heteroatoms. The van der Waals surface area contributed by atoms with Crippen molar-refractivity contribution in [3.63, 3.8) is 0 Å². The van der Waals surface area contributed by atoms with E-state index in [-0.39, 0.29) is 23.2 Å². The minimum absolute atomic E-state index is 0.0524. The third-order valence-electron chi connectivity index (χ3n) is 5.07. The van der Waals surface area contributed by atoms with Crippen LogP contribution in [-0.4, -0.2) is 28.8 Å². The van der Waals surface area contributed by atoms with Crippen LogP contribution in [0.3, 0.4) is 0 Å². The largest absolute Gasteiger partial charge is 0.393 e. The highest BCUT2D eigenvalue weighted by molar-refractivity contribution is 5.81. The van der Waals surface area contributed by atoms with Gasteiger partial charge in [-0.25, -0.2) is 0 Å². The summed E-state index contributed by atoms with van der Waals surface area (Å²) in [5, 5.41) is 11.2. The summed E-state index contributed by atoms with van der Waals surface area (Å²) < 4.78 is 0. The fourth-order valence-electron chi connectivity index (χ4n) is 3.52. The van der Waals surface area contributed by atoms with E-state index in [0.717, 1.165) is 30.4 Å². The van der Waals surface area contributed by atoms with Gasteiger partial charge in [-0.2, -0.15) is 0 Å². The number of nitrogens with zero attached hydrogens (tertiary/aromatic N) is 2. The van der Waals surface area contributed by atoms with Gasteiger partial charge in [0.05, 0.1) is 4.92 Å². The Bertz CT molecular complexity index is 767. The Balaban J connectivity index is 1.76. The number of allylic oxidation sites excluding steroid dienone is 2. The van der Waals surface area contributed by atoms with E-state index in [0.29, 0.717) is 25.1 Å². The Morgan fingerprint density at radius 2 is 2.16 bits per heavy atom. The van der Waals surface area contributed by atoms with Crippen LogP contribution in [0.15, 0.2) is 30.4 Å². The first kappa shape index (κ1) is 17.2. The smallest absolute Gasteiger partial charge is 0.292 e. The molecule has 1 atom stereocenters. The molecule has 1 aliphatic heterocycles. The number of anilines is 1. The zero-order chi connectivity index (χ0) is 18.0. The number of hydrogen-bond acceptors (Lipinski definition) is 4. The van der Waals surface area contributed by atoms with Crippen molar-refractivity contribution in [2.24, 2.45) is 5.92 Å². The average molecular weight is 341 g/mol. The molecule has 2 aliphatic rings. The number of amides is 1. The van der Waals surface area contributed by atoms with Crippen molar-refractivity contribution in [1.29, 1.82) is 0 Å². The maximum absolute atomic E-state index is 12.6. The number of aryl methyl sites for hydroxylation is 1. The number of nitro groups is 1. The van der Waals surface area contributed by atoms with Crippen LogP contribution in [-0.2, 0) is 4.79 Å². The molecule has 0 aromatic heterocycles. The van der Waals surface area contributed by atoms with Crippen molar-refractivity contribution >= 4 is 22.9 Å². The Morgan fingerprint density at radius 1 is 1.36 bits per heavy atom. The summed E-state index contributed by atoms with van der Waals surface area (Å²) in [6, 6.07) is 3.43. The van der Waals surface area contributed by atoms with Crippen molar-refractivity contribution in [1.82, 2.24) is 4.90 Å². The van der Waals surface area contributed by atoms with Crippen LogP contribution in [0, 0.1) is 23.0 Å². The van der Waals surface area contributed by atoms with Gasteiger partial charge in [0.2, 0.25) is 5.91 Å². The zero-order valence-electron chi connectivity index (χ0n) is 14.4. The summed E-state index contributed by atoms with van der Waals surface area (Å²) in [6.07, 6.45) is 9.66. The topological polar surface area (TPSA) is 89.5 Å². The molecular formula is C19H23N3O3. The van der Waals surface area contributed by atoms with Crippen molar-refractivity contribution in [3.05, 3.63) is 51.6 Å². The predicted octanol–water partition coefficient (Wildman–Crippen LogP) is 3.46. The highest BCUT2D eigenvalue weighted by Gasteiger charge is 2.26. The molecule has 132 valence electrons. The number of carbonyl (C=O) groups excluding carboxylic acids is 1. The SMILES string of the molecule is Cc1cc(C2=CCN(C(=O)[C@@H]3CC=CCC3)CC2)cc([N+](=O)[O-])c1N. The summed E-state index contributed by atoms with van der Waals surface area (Å²) in [7, 11) is 0. The summed E-state index contributed by atoms with van der Waals surface area (Å²) in [5.41, 5.74) is 8.54. The molecule has 1 aromatic rings. The maximum atomic E-state index is 12.6. The number of nitrogens with two attached hydrogens (primary N) is 1. The van der Waals surface area contributed by atoms with E-state index >= 15 is 0 Å². The molecule has 1 amide bonds. The van der Waals surface area contributed by atoms with Crippen molar-refractivity contribution in [2.45, 2.75) is 32.6 Å². The van der Waals surface area contributed by atoms with Gasteiger partial charge in [-0.05, 0) is 55.4 Å². The minimum Gasteiger partial charge on any atom is -0.393 e. The van der Waals surface area contributed by atoms with Crippen LogP contribution in [0.5, 0.6) is 0 Å². The van der Waals surface area contributed by atoms with E-state index in [1.807, 2.05) is 17.0 Å². The van der Waals surface area contributed by atoms with Crippen LogP contribution >= 0.6 is 0 Å². The van der Waals surface area contributed by atoms with Crippen molar-refractivity contribution in [3.8, 4) is 0 Å². The van der Waals surface area contributed by atoms with Crippen LogP contribution in [0.4, 0.5) is 11.4 Å². The van der Waals surface area contributed by atoms with Gasteiger partial charge in [0.1, 0.15) is 5.69 Å². The fourth-order valence-corrected chi connectivity index (χ4v) is 3.52. The van der Waals surface area contributed by atoms with E-state index < -0.39 is 4.92 Å². The second-order valence-corrected chi connectivity index (χ2v) is 6.73. The summed E-state index contributed by atoms with van der Waals surface area (Å²) in [4.78, 5) is 25.2. The van der Waals surface area contributed by atoms with Gasteiger partial charge in [0, 0.05) is 25.1 Å². The van der Waals surface area contributed by atoms with Crippen LogP contribution < -0.4 is 5.73 Å². The lowest BCUT2D eigenvalue weighted by atomic mass is 9.91. The minimum atomic E-state index is -0.443. The first-order valence-corrected chi connectivity index (χ1v) is 8.65. The van der Waals surface area contributed by atoms with Gasteiger partial charge in [-0.1, -0.05) is 18.2 Å². The van der Waals surface area contributed by atoms with Crippen LogP contribution in [0.1, 0.15) is 36.8 Å². The lowest BCUT2D eigenvalue weighted by Gasteiger charge is -2.30. The van der Waals surface area contributed by atoms with Gasteiger partial charge in [0.15, 0.2) is 0 Å². The number of carbonyl (C=O) groups is 1.